The second kappa shape index (κ2) is 8.06. The molecule has 4 heteroatoms. The molecule has 2 aromatic carbocycles. The molecule has 1 unspecified atom stereocenters. The van der Waals surface area contributed by atoms with Gasteiger partial charge >= 0.3 is 0 Å². The molecule has 2 N–H and O–H groups in total. The van der Waals surface area contributed by atoms with Crippen LogP contribution in [0.1, 0.15) is 30.9 Å². The summed E-state index contributed by atoms with van der Waals surface area (Å²) in [5.41, 5.74) is 8.56. The van der Waals surface area contributed by atoms with Crippen LogP contribution in [-0.2, 0) is 6.42 Å². The highest BCUT2D eigenvalue weighted by Gasteiger charge is 2.16. The van der Waals surface area contributed by atoms with Crippen molar-refractivity contribution in [1.82, 2.24) is 0 Å². The van der Waals surface area contributed by atoms with Gasteiger partial charge in [0.25, 0.3) is 0 Å². The Hall–Kier alpha value is -1.94. The summed E-state index contributed by atoms with van der Waals surface area (Å²) >= 11 is 0. The molecule has 1 atom stereocenters. The molecule has 0 heterocycles. The molecule has 0 fully saturated rings. The highest BCUT2D eigenvalue weighted by molar-refractivity contribution is 5.47. The van der Waals surface area contributed by atoms with Crippen molar-refractivity contribution in [1.29, 1.82) is 0 Å². The maximum Gasteiger partial charge on any atom is 0.129 e. The first-order valence-electron chi connectivity index (χ1n) is 8.07. The second-order valence-corrected chi connectivity index (χ2v) is 5.64. The number of hydrogen-bond donors (Lipinski definition) is 1. The van der Waals surface area contributed by atoms with Gasteiger partial charge in [0.15, 0.2) is 0 Å². The minimum Gasteiger partial charge on any atom is -0.372 e. The van der Waals surface area contributed by atoms with E-state index in [2.05, 4.69) is 43.0 Å². The van der Waals surface area contributed by atoms with E-state index in [0.29, 0.717) is 18.5 Å². The van der Waals surface area contributed by atoms with Gasteiger partial charge in [0, 0.05) is 30.8 Å². The van der Waals surface area contributed by atoms with Crippen LogP contribution in [0.5, 0.6) is 0 Å². The standard InChI is InChI=1S/C19H24F2N2/c1-3-23(4-2)17-8-5-14(6-9-17)11-15(13-22)18-10-7-16(20)12-19(18)21/h5-10,12,15H,3-4,11,13,22H2,1-2H3. The number of rotatable bonds is 7. The van der Waals surface area contributed by atoms with Crippen LogP contribution >= 0.6 is 0 Å². The number of nitrogens with two attached hydrogens (primary N) is 1. The summed E-state index contributed by atoms with van der Waals surface area (Å²) in [4.78, 5) is 2.27. The summed E-state index contributed by atoms with van der Waals surface area (Å²) in [5.74, 6) is -1.25. The summed E-state index contributed by atoms with van der Waals surface area (Å²) < 4.78 is 27.0. The lowest BCUT2D eigenvalue weighted by Gasteiger charge is -2.22. The molecule has 0 radical (unpaired) electrons. The van der Waals surface area contributed by atoms with Crippen molar-refractivity contribution in [3.63, 3.8) is 0 Å². The minimum atomic E-state index is -0.564. The van der Waals surface area contributed by atoms with Gasteiger partial charge in [-0.3, -0.25) is 0 Å². The van der Waals surface area contributed by atoms with E-state index in [1.165, 1.54) is 17.8 Å². The lowest BCUT2D eigenvalue weighted by atomic mass is 9.91. The lowest BCUT2D eigenvalue weighted by molar-refractivity contribution is 0.551. The van der Waals surface area contributed by atoms with E-state index in [0.717, 1.165) is 24.7 Å². The van der Waals surface area contributed by atoms with Crippen molar-refractivity contribution in [2.45, 2.75) is 26.2 Å². The molecule has 0 aliphatic carbocycles. The molecule has 0 amide bonds. The topological polar surface area (TPSA) is 29.3 Å². The highest BCUT2D eigenvalue weighted by atomic mass is 19.1. The van der Waals surface area contributed by atoms with Gasteiger partial charge in [-0.05, 0) is 56.1 Å². The molecule has 0 aliphatic rings. The molecular weight excluding hydrogens is 294 g/mol. The van der Waals surface area contributed by atoms with Crippen molar-refractivity contribution in [2.24, 2.45) is 5.73 Å². The van der Waals surface area contributed by atoms with Crippen LogP contribution in [0, 0.1) is 11.6 Å². The predicted molar refractivity (Wildman–Crippen MR) is 91.9 cm³/mol. The first kappa shape index (κ1) is 17.4. The van der Waals surface area contributed by atoms with Crippen LogP contribution in [0.2, 0.25) is 0 Å². The van der Waals surface area contributed by atoms with Crippen molar-refractivity contribution < 1.29 is 8.78 Å². The summed E-state index contributed by atoms with van der Waals surface area (Å²) in [6.45, 7) is 6.49. The summed E-state index contributed by atoms with van der Waals surface area (Å²) in [5, 5.41) is 0. The first-order chi connectivity index (χ1) is 11.1. The molecule has 0 aromatic heterocycles. The van der Waals surface area contributed by atoms with Gasteiger partial charge in [-0.2, -0.15) is 0 Å². The van der Waals surface area contributed by atoms with Crippen LogP contribution in [0.25, 0.3) is 0 Å². The molecule has 124 valence electrons. The van der Waals surface area contributed by atoms with E-state index < -0.39 is 11.6 Å². The Balaban J connectivity index is 2.15. The van der Waals surface area contributed by atoms with Crippen molar-refractivity contribution in [2.75, 3.05) is 24.5 Å². The van der Waals surface area contributed by atoms with Gasteiger partial charge in [-0.15, -0.1) is 0 Å². The van der Waals surface area contributed by atoms with E-state index >= 15 is 0 Å². The summed E-state index contributed by atoms with van der Waals surface area (Å²) in [7, 11) is 0. The quantitative estimate of drug-likeness (QED) is 0.833. The zero-order valence-electron chi connectivity index (χ0n) is 13.7. The third-order valence-electron chi connectivity index (χ3n) is 4.23. The highest BCUT2D eigenvalue weighted by Crippen LogP contribution is 2.24. The molecule has 0 bridgehead atoms. The SMILES string of the molecule is CCN(CC)c1ccc(CC(CN)c2ccc(F)cc2F)cc1. The second-order valence-electron chi connectivity index (χ2n) is 5.64. The van der Waals surface area contributed by atoms with Crippen LogP contribution in [0.15, 0.2) is 42.5 Å². The number of hydrogen-bond acceptors (Lipinski definition) is 2. The van der Waals surface area contributed by atoms with E-state index in [-0.39, 0.29) is 5.92 Å². The molecule has 23 heavy (non-hydrogen) atoms. The third kappa shape index (κ3) is 4.29. The Labute approximate surface area is 136 Å². The Kier molecular flexibility index (Phi) is 6.11. The van der Waals surface area contributed by atoms with E-state index in [9.17, 15) is 8.78 Å². The fraction of sp³-hybridized carbons (Fsp3) is 0.368. The first-order valence-corrected chi connectivity index (χ1v) is 8.07. The zero-order valence-corrected chi connectivity index (χ0v) is 13.7. The van der Waals surface area contributed by atoms with Gasteiger partial charge in [0.05, 0.1) is 0 Å². The Morgan fingerprint density at radius 1 is 1.00 bits per heavy atom. The molecule has 0 saturated heterocycles. The summed E-state index contributed by atoms with van der Waals surface area (Å²) in [6, 6.07) is 12.0. The van der Waals surface area contributed by atoms with Gasteiger partial charge in [0.2, 0.25) is 0 Å². The fourth-order valence-electron chi connectivity index (χ4n) is 2.87. The Bertz CT molecular complexity index is 622. The van der Waals surface area contributed by atoms with Gasteiger partial charge in [0.1, 0.15) is 11.6 Å². The van der Waals surface area contributed by atoms with Crippen LogP contribution in [-0.4, -0.2) is 19.6 Å². The molecule has 0 aliphatic heterocycles. The number of benzene rings is 2. The average Bonchev–Trinajstić information content (AvgIpc) is 2.55. The van der Waals surface area contributed by atoms with Crippen LogP contribution in [0.3, 0.4) is 0 Å². The number of anilines is 1. The minimum absolute atomic E-state index is 0.157. The smallest absolute Gasteiger partial charge is 0.129 e. The van der Waals surface area contributed by atoms with Gasteiger partial charge in [-0.1, -0.05) is 18.2 Å². The molecular formula is C19H24F2N2. The molecule has 0 saturated carbocycles. The largest absolute Gasteiger partial charge is 0.372 e. The fourth-order valence-corrected chi connectivity index (χ4v) is 2.87. The lowest BCUT2D eigenvalue weighted by Crippen LogP contribution is -2.21. The summed E-state index contributed by atoms with van der Waals surface area (Å²) in [6.07, 6.45) is 0.636. The molecule has 2 nitrogen and oxygen atoms in total. The predicted octanol–water partition coefficient (Wildman–Crippen LogP) is 4.10. The molecule has 2 rings (SSSR count). The zero-order chi connectivity index (χ0) is 16.8. The Morgan fingerprint density at radius 2 is 1.65 bits per heavy atom. The van der Waals surface area contributed by atoms with E-state index in [1.807, 2.05) is 0 Å². The number of halogens is 2. The van der Waals surface area contributed by atoms with Gasteiger partial charge < -0.3 is 10.6 Å². The maximum atomic E-state index is 13.9. The molecule has 2 aromatic rings. The number of nitrogens with zero attached hydrogens (tertiary/aromatic N) is 1. The van der Waals surface area contributed by atoms with Crippen LogP contribution in [0.4, 0.5) is 14.5 Å². The third-order valence-corrected chi connectivity index (χ3v) is 4.23. The average molecular weight is 318 g/mol. The van der Waals surface area contributed by atoms with Crippen LogP contribution < -0.4 is 10.6 Å². The van der Waals surface area contributed by atoms with Crippen molar-refractivity contribution in [3.05, 3.63) is 65.2 Å². The van der Waals surface area contributed by atoms with Crippen molar-refractivity contribution >= 4 is 5.69 Å². The van der Waals surface area contributed by atoms with E-state index in [1.54, 1.807) is 0 Å². The molecule has 0 spiro atoms. The van der Waals surface area contributed by atoms with Crippen molar-refractivity contribution in [3.8, 4) is 0 Å². The monoisotopic (exact) mass is 318 g/mol. The van der Waals surface area contributed by atoms with Gasteiger partial charge in [-0.25, -0.2) is 8.78 Å². The van der Waals surface area contributed by atoms with E-state index in [4.69, 9.17) is 5.73 Å². The normalized spacial score (nSPS) is 12.2. The maximum absolute atomic E-state index is 13.9. The Morgan fingerprint density at radius 3 is 2.17 bits per heavy atom.